The van der Waals surface area contributed by atoms with Crippen LogP contribution in [0.15, 0.2) is 0 Å². The standard InChI is InChI=1S/C16H32N2O2/c1-12-10-13(11-12)17-8-9-18(15(2,3)4)14(19)20-16(5,6)7/h12-13,17H,8-11H2,1-7H3. The highest BCUT2D eigenvalue weighted by Gasteiger charge is 2.31. The second-order valence-electron chi connectivity index (χ2n) is 8.03. The number of hydrogen-bond acceptors (Lipinski definition) is 3. The van der Waals surface area contributed by atoms with Crippen LogP contribution in [0.4, 0.5) is 4.79 Å². The lowest BCUT2D eigenvalue weighted by atomic mass is 9.82. The van der Waals surface area contributed by atoms with Gasteiger partial charge in [0.25, 0.3) is 0 Å². The molecule has 0 saturated heterocycles. The molecule has 0 bridgehead atoms. The molecule has 1 N–H and O–H groups in total. The molecule has 1 rings (SSSR count). The number of amides is 1. The minimum atomic E-state index is -0.447. The van der Waals surface area contributed by atoms with Gasteiger partial charge in [0, 0.05) is 24.7 Å². The predicted molar refractivity (Wildman–Crippen MR) is 82.9 cm³/mol. The van der Waals surface area contributed by atoms with E-state index in [1.807, 2.05) is 46.4 Å². The molecular weight excluding hydrogens is 252 g/mol. The average molecular weight is 284 g/mol. The van der Waals surface area contributed by atoms with Gasteiger partial charge in [0.2, 0.25) is 0 Å². The molecule has 1 amide bonds. The minimum absolute atomic E-state index is 0.225. The summed E-state index contributed by atoms with van der Waals surface area (Å²) in [5.74, 6) is 0.845. The van der Waals surface area contributed by atoms with Crippen LogP contribution in [-0.2, 0) is 4.74 Å². The van der Waals surface area contributed by atoms with Gasteiger partial charge in [0.15, 0.2) is 0 Å². The number of carbonyl (C=O) groups is 1. The number of rotatable bonds is 4. The summed E-state index contributed by atoms with van der Waals surface area (Å²) in [6.45, 7) is 15.6. The Morgan fingerprint density at radius 3 is 2.15 bits per heavy atom. The Kier molecular flexibility index (Phi) is 5.47. The zero-order chi connectivity index (χ0) is 15.6. The zero-order valence-electron chi connectivity index (χ0n) is 14.2. The van der Waals surface area contributed by atoms with Crippen molar-refractivity contribution in [1.29, 1.82) is 0 Å². The van der Waals surface area contributed by atoms with Crippen LogP contribution in [0, 0.1) is 5.92 Å². The van der Waals surface area contributed by atoms with Crippen molar-refractivity contribution in [3.8, 4) is 0 Å². The number of nitrogens with zero attached hydrogens (tertiary/aromatic N) is 1. The van der Waals surface area contributed by atoms with E-state index >= 15 is 0 Å². The first-order chi connectivity index (χ1) is 8.99. The van der Waals surface area contributed by atoms with Crippen molar-refractivity contribution in [2.24, 2.45) is 5.92 Å². The summed E-state index contributed by atoms with van der Waals surface area (Å²) < 4.78 is 5.50. The smallest absolute Gasteiger partial charge is 0.410 e. The monoisotopic (exact) mass is 284 g/mol. The Hall–Kier alpha value is -0.770. The molecule has 0 aliphatic heterocycles. The SMILES string of the molecule is CC1CC(NCCN(C(=O)OC(C)(C)C)C(C)(C)C)C1. The third-order valence-corrected chi connectivity index (χ3v) is 3.57. The predicted octanol–water partition coefficient (Wildman–Crippen LogP) is 3.41. The molecule has 1 fully saturated rings. The molecule has 0 atom stereocenters. The summed E-state index contributed by atoms with van der Waals surface area (Å²) in [6, 6.07) is 0.630. The molecular formula is C16H32N2O2. The van der Waals surface area contributed by atoms with E-state index in [0.717, 1.165) is 12.5 Å². The Morgan fingerprint density at radius 2 is 1.75 bits per heavy atom. The first-order valence-corrected chi connectivity index (χ1v) is 7.73. The molecule has 0 radical (unpaired) electrons. The van der Waals surface area contributed by atoms with E-state index in [0.29, 0.717) is 12.6 Å². The van der Waals surface area contributed by atoms with Crippen LogP contribution in [0.3, 0.4) is 0 Å². The fourth-order valence-electron chi connectivity index (χ4n) is 2.47. The third-order valence-electron chi connectivity index (χ3n) is 3.57. The van der Waals surface area contributed by atoms with Crippen LogP contribution in [0.1, 0.15) is 61.3 Å². The van der Waals surface area contributed by atoms with Gasteiger partial charge in [-0.1, -0.05) is 6.92 Å². The van der Waals surface area contributed by atoms with Crippen LogP contribution in [0.5, 0.6) is 0 Å². The normalized spacial score (nSPS) is 23.1. The van der Waals surface area contributed by atoms with Crippen molar-refractivity contribution >= 4 is 6.09 Å². The molecule has 1 saturated carbocycles. The fraction of sp³-hybridized carbons (Fsp3) is 0.938. The second kappa shape index (κ2) is 6.33. The summed E-state index contributed by atoms with van der Waals surface area (Å²) >= 11 is 0. The maximum absolute atomic E-state index is 12.3. The Labute approximate surface area is 124 Å². The van der Waals surface area contributed by atoms with Crippen LogP contribution < -0.4 is 5.32 Å². The van der Waals surface area contributed by atoms with Crippen molar-refractivity contribution in [3.05, 3.63) is 0 Å². The lowest BCUT2D eigenvalue weighted by molar-refractivity contribution is 0.00612. The number of carbonyl (C=O) groups excluding carboxylic acids is 1. The highest BCUT2D eigenvalue weighted by atomic mass is 16.6. The van der Waals surface area contributed by atoms with Crippen molar-refractivity contribution in [2.45, 2.75) is 78.5 Å². The topological polar surface area (TPSA) is 41.6 Å². The maximum atomic E-state index is 12.3. The zero-order valence-corrected chi connectivity index (χ0v) is 14.2. The summed E-state index contributed by atoms with van der Waals surface area (Å²) in [7, 11) is 0. The van der Waals surface area contributed by atoms with Crippen molar-refractivity contribution in [2.75, 3.05) is 13.1 Å². The lowest BCUT2D eigenvalue weighted by Crippen LogP contribution is -2.51. The van der Waals surface area contributed by atoms with Crippen molar-refractivity contribution in [3.63, 3.8) is 0 Å². The van der Waals surface area contributed by atoms with Gasteiger partial charge in [-0.2, -0.15) is 0 Å². The lowest BCUT2D eigenvalue weighted by Gasteiger charge is -2.38. The summed E-state index contributed by atoms with van der Waals surface area (Å²) in [6.07, 6.45) is 2.28. The first-order valence-electron chi connectivity index (χ1n) is 7.73. The van der Waals surface area contributed by atoms with E-state index < -0.39 is 5.60 Å². The molecule has 0 unspecified atom stereocenters. The first kappa shape index (κ1) is 17.3. The fourth-order valence-corrected chi connectivity index (χ4v) is 2.47. The molecule has 118 valence electrons. The van der Waals surface area contributed by atoms with Crippen LogP contribution in [0.25, 0.3) is 0 Å². The van der Waals surface area contributed by atoms with Gasteiger partial charge in [0.1, 0.15) is 5.60 Å². The number of nitrogens with one attached hydrogen (secondary N) is 1. The largest absolute Gasteiger partial charge is 0.444 e. The molecule has 0 aromatic carbocycles. The average Bonchev–Trinajstić information content (AvgIpc) is 2.16. The molecule has 0 aromatic rings. The number of ether oxygens (including phenoxy) is 1. The van der Waals surface area contributed by atoms with E-state index in [9.17, 15) is 4.79 Å². The summed E-state index contributed by atoms with van der Waals surface area (Å²) in [4.78, 5) is 14.1. The van der Waals surface area contributed by atoms with Crippen molar-refractivity contribution in [1.82, 2.24) is 10.2 Å². The molecule has 0 heterocycles. The molecule has 0 spiro atoms. The summed E-state index contributed by atoms with van der Waals surface area (Å²) in [5, 5.41) is 3.52. The van der Waals surface area contributed by atoms with E-state index in [-0.39, 0.29) is 11.6 Å². The van der Waals surface area contributed by atoms with Crippen LogP contribution in [0.2, 0.25) is 0 Å². The number of hydrogen-bond donors (Lipinski definition) is 1. The van der Waals surface area contributed by atoms with E-state index in [4.69, 9.17) is 4.74 Å². The van der Waals surface area contributed by atoms with Gasteiger partial charge in [-0.3, -0.25) is 0 Å². The molecule has 1 aliphatic rings. The third kappa shape index (κ3) is 5.70. The maximum Gasteiger partial charge on any atom is 0.410 e. The molecule has 4 nitrogen and oxygen atoms in total. The summed E-state index contributed by atoms with van der Waals surface area (Å²) in [5.41, 5.74) is -0.672. The van der Waals surface area contributed by atoms with Gasteiger partial charge in [-0.25, -0.2) is 4.79 Å². The van der Waals surface area contributed by atoms with Crippen molar-refractivity contribution < 1.29 is 9.53 Å². The van der Waals surface area contributed by atoms with E-state index in [1.54, 1.807) is 0 Å². The molecule has 20 heavy (non-hydrogen) atoms. The highest BCUT2D eigenvalue weighted by molar-refractivity contribution is 5.69. The Morgan fingerprint density at radius 1 is 1.20 bits per heavy atom. The Bertz CT molecular complexity index is 322. The quantitative estimate of drug-likeness (QED) is 0.860. The molecule has 0 aromatic heterocycles. The van der Waals surface area contributed by atoms with Gasteiger partial charge in [-0.05, 0) is 60.3 Å². The minimum Gasteiger partial charge on any atom is -0.444 e. The van der Waals surface area contributed by atoms with Gasteiger partial charge >= 0.3 is 6.09 Å². The molecule has 4 heteroatoms. The van der Waals surface area contributed by atoms with Crippen LogP contribution >= 0.6 is 0 Å². The Balaban J connectivity index is 2.46. The van der Waals surface area contributed by atoms with Crippen LogP contribution in [-0.4, -0.2) is 41.3 Å². The van der Waals surface area contributed by atoms with Gasteiger partial charge < -0.3 is 15.0 Å². The highest BCUT2D eigenvalue weighted by Crippen LogP contribution is 2.26. The van der Waals surface area contributed by atoms with Gasteiger partial charge in [-0.15, -0.1) is 0 Å². The second-order valence-corrected chi connectivity index (χ2v) is 8.03. The van der Waals surface area contributed by atoms with E-state index in [2.05, 4.69) is 12.2 Å². The molecule has 1 aliphatic carbocycles. The van der Waals surface area contributed by atoms with E-state index in [1.165, 1.54) is 12.8 Å². The van der Waals surface area contributed by atoms with Gasteiger partial charge in [0.05, 0.1) is 0 Å².